The minimum atomic E-state index is -0.193. The summed E-state index contributed by atoms with van der Waals surface area (Å²) in [6, 6.07) is 16.1. The van der Waals surface area contributed by atoms with Crippen LogP contribution in [0.25, 0.3) is 27.7 Å². The molecule has 1 saturated carbocycles. The van der Waals surface area contributed by atoms with E-state index in [4.69, 9.17) is 11.6 Å². The van der Waals surface area contributed by atoms with Gasteiger partial charge in [-0.3, -0.25) is 9.98 Å². The van der Waals surface area contributed by atoms with Gasteiger partial charge in [-0.05, 0) is 129 Å². The summed E-state index contributed by atoms with van der Waals surface area (Å²) in [5.41, 5.74) is 18.5. The molecule has 1 saturated heterocycles. The summed E-state index contributed by atoms with van der Waals surface area (Å²) in [6.45, 7) is 26.6. The Bertz CT molecular complexity index is 1960. The van der Waals surface area contributed by atoms with Gasteiger partial charge in [0.05, 0.1) is 16.9 Å². The number of fused-ring (bicyclic) bond motifs is 1. The Labute approximate surface area is 281 Å². The maximum absolute atomic E-state index is 4.81. The SMILES string of the molecule is C=C(c1cc2cc(-c3ccnc(C)c3C)ccc2n1C1(C(=C)NC)CC1C)N1CCC(=NC)/C(=C(/C)Cc2cc(C)c(C)c(C)c2)C1. The van der Waals surface area contributed by atoms with Gasteiger partial charge >= 0.3 is 0 Å². The second kappa shape index (κ2) is 12.3. The van der Waals surface area contributed by atoms with Gasteiger partial charge in [0.1, 0.15) is 0 Å². The van der Waals surface area contributed by atoms with Crippen molar-refractivity contribution in [1.29, 1.82) is 0 Å². The number of hydrogen-bond acceptors (Lipinski definition) is 4. The van der Waals surface area contributed by atoms with Crippen LogP contribution in [0.2, 0.25) is 0 Å². The lowest BCUT2D eigenvalue weighted by Gasteiger charge is -2.35. The number of nitrogens with one attached hydrogen (secondary N) is 1. The molecule has 2 atom stereocenters. The molecule has 47 heavy (non-hydrogen) atoms. The van der Waals surface area contributed by atoms with Crippen LogP contribution >= 0.6 is 0 Å². The van der Waals surface area contributed by atoms with Crippen molar-refractivity contribution in [2.45, 2.75) is 73.3 Å². The molecule has 0 bridgehead atoms. The van der Waals surface area contributed by atoms with Gasteiger partial charge in [0, 0.05) is 67.8 Å². The maximum Gasteiger partial charge on any atom is 0.0871 e. The molecule has 2 aromatic carbocycles. The third-order valence-corrected chi connectivity index (χ3v) is 11.3. The van der Waals surface area contributed by atoms with E-state index in [0.717, 1.165) is 49.4 Å². The number of aliphatic imine (C=N–C) groups is 1. The molecule has 2 aliphatic rings. The van der Waals surface area contributed by atoms with Gasteiger partial charge in [0.2, 0.25) is 0 Å². The number of likely N-dealkylation sites (N-methyl/N-ethyl adjacent to an activating group) is 1. The lowest BCUT2D eigenvalue weighted by Crippen LogP contribution is -2.37. The zero-order valence-corrected chi connectivity index (χ0v) is 29.9. The third kappa shape index (κ3) is 5.54. The van der Waals surface area contributed by atoms with E-state index < -0.39 is 0 Å². The Morgan fingerprint density at radius 1 is 1.02 bits per heavy atom. The van der Waals surface area contributed by atoms with Gasteiger partial charge in [-0.25, -0.2) is 0 Å². The van der Waals surface area contributed by atoms with Gasteiger partial charge in [-0.2, -0.15) is 0 Å². The van der Waals surface area contributed by atoms with E-state index in [1.165, 1.54) is 72.4 Å². The van der Waals surface area contributed by atoms with E-state index in [-0.39, 0.29) is 5.54 Å². The minimum absolute atomic E-state index is 0.193. The molecule has 0 amide bonds. The molecule has 244 valence electrons. The van der Waals surface area contributed by atoms with Crippen molar-refractivity contribution >= 4 is 22.3 Å². The first-order valence-electron chi connectivity index (χ1n) is 17.0. The summed E-state index contributed by atoms with van der Waals surface area (Å²) in [7, 11) is 3.94. The van der Waals surface area contributed by atoms with E-state index in [9.17, 15) is 0 Å². The molecule has 1 N–H and O–H groups in total. The van der Waals surface area contributed by atoms with Crippen LogP contribution < -0.4 is 5.32 Å². The van der Waals surface area contributed by atoms with Crippen molar-refractivity contribution in [2.75, 3.05) is 27.2 Å². The zero-order chi connectivity index (χ0) is 33.8. The van der Waals surface area contributed by atoms with Crippen molar-refractivity contribution in [2.24, 2.45) is 10.9 Å². The molecule has 3 heterocycles. The highest BCUT2D eigenvalue weighted by Crippen LogP contribution is 2.57. The topological polar surface area (TPSA) is 45.5 Å². The Balaban J connectivity index is 1.42. The molecule has 6 rings (SSSR count). The average Bonchev–Trinajstić information content (AvgIpc) is 3.59. The highest BCUT2D eigenvalue weighted by atomic mass is 15.2. The summed E-state index contributed by atoms with van der Waals surface area (Å²) >= 11 is 0. The number of benzene rings is 2. The van der Waals surface area contributed by atoms with Crippen LogP contribution in [0.5, 0.6) is 0 Å². The quantitative estimate of drug-likeness (QED) is 0.213. The largest absolute Gasteiger partial charge is 0.390 e. The van der Waals surface area contributed by atoms with Gasteiger partial charge in [0.15, 0.2) is 0 Å². The number of nitrogens with zero attached hydrogens (tertiary/aromatic N) is 4. The predicted octanol–water partition coefficient (Wildman–Crippen LogP) is 9.02. The average molecular weight is 626 g/mol. The molecule has 2 aromatic heterocycles. The molecule has 5 nitrogen and oxygen atoms in total. The van der Waals surface area contributed by atoms with Crippen molar-refractivity contribution < 1.29 is 0 Å². The van der Waals surface area contributed by atoms with Crippen LogP contribution in [0.4, 0.5) is 0 Å². The van der Waals surface area contributed by atoms with Gasteiger partial charge < -0.3 is 14.8 Å². The highest BCUT2D eigenvalue weighted by molar-refractivity contribution is 6.02. The van der Waals surface area contributed by atoms with Gasteiger partial charge in [0.25, 0.3) is 0 Å². The summed E-state index contributed by atoms with van der Waals surface area (Å²) in [6.07, 6.45) is 4.80. The second-order valence-electron chi connectivity index (χ2n) is 14.0. The van der Waals surface area contributed by atoms with Crippen molar-refractivity contribution in [1.82, 2.24) is 19.8 Å². The van der Waals surface area contributed by atoms with Crippen molar-refractivity contribution in [3.8, 4) is 11.1 Å². The number of likely N-dealkylation sites (tertiary alicyclic amines) is 1. The summed E-state index contributed by atoms with van der Waals surface area (Å²) in [4.78, 5) is 11.8. The fourth-order valence-electron chi connectivity index (χ4n) is 7.88. The van der Waals surface area contributed by atoms with Crippen LogP contribution in [0.3, 0.4) is 0 Å². The summed E-state index contributed by atoms with van der Waals surface area (Å²) in [5.74, 6) is 0.466. The number of rotatable bonds is 8. The smallest absolute Gasteiger partial charge is 0.0871 e. The number of allylic oxidation sites excluding steroid dienone is 2. The molecular weight excluding hydrogens is 574 g/mol. The van der Waals surface area contributed by atoms with E-state index in [1.54, 1.807) is 0 Å². The molecular formula is C42H51N5. The Hall–Kier alpha value is -4.38. The Morgan fingerprint density at radius 3 is 2.36 bits per heavy atom. The summed E-state index contributed by atoms with van der Waals surface area (Å²) < 4.78 is 2.54. The lowest BCUT2D eigenvalue weighted by molar-refractivity contribution is 0.419. The number of aromatic nitrogens is 2. The highest BCUT2D eigenvalue weighted by Gasteiger charge is 2.56. The first-order valence-corrected chi connectivity index (χ1v) is 17.0. The fraction of sp³-hybridized carbons (Fsp3) is 0.381. The lowest BCUT2D eigenvalue weighted by atomic mass is 9.91. The van der Waals surface area contributed by atoms with Crippen LogP contribution in [-0.4, -0.2) is 47.3 Å². The molecule has 0 spiro atoms. The fourth-order valence-corrected chi connectivity index (χ4v) is 7.88. The molecule has 5 heteroatoms. The van der Waals surface area contributed by atoms with Gasteiger partial charge in [-0.1, -0.05) is 43.9 Å². The van der Waals surface area contributed by atoms with E-state index in [0.29, 0.717) is 5.92 Å². The van der Waals surface area contributed by atoms with E-state index in [1.807, 2.05) is 20.3 Å². The standard InChI is InChI=1S/C42H51N5/c1-25-18-34(19-26(2)29(25)5)20-27(3)38-24-46(17-15-39(38)44-11)32(8)41-22-36-21-35(37-14-16-45-31(7)30(37)6)12-13-40(36)47(41)42(23-28(42)4)33(9)43-10/h12-14,16,18-19,21-22,28,43H,8-9,15,17,20,23-24H2,1-7,10-11H3/b38-27-,44-39?. The maximum atomic E-state index is 4.81. The molecule has 1 aliphatic carbocycles. The molecule has 2 fully saturated rings. The molecule has 4 aromatic rings. The first-order chi connectivity index (χ1) is 22.4. The molecule has 2 unspecified atom stereocenters. The molecule has 0 radical (unpaired) electrons. The van der Waals surface area contributed by atoms with E-state index in [2.05, 4.69) is 117 Å². The number of hydrogen-bond donors (Lipinski definition) is 1. The zero-order valence-electron chi connectivity index (χ0n) is 29.9. The predicted molar refractivity (Wildman–Crippen MR) is 200 cm³/mol. The first kappa shape index (κ1) is 32.6. The van der Waals surface area contributed by atoms with Crippen molar-refractivity contribution in [3.63, 3.8) is 0 Å². The third-order valence-electron chi connectivity index (χ3n) is 11.3. The second-order valence-corrected chi connectivity index (χ2v) is 14.0. The Kier molecular flexibility index (Phi) is 8.54. The van der Waals surface area contributed by atoms with Crippen LogP contribution in [0.15, 0.2) is 83.7 Å². The number of aryl methyl sites for hydroxylation is 3. The van der Waals surface area contributed by atoms with Crippen LogP contribution in [0.1, 0.15) is 65.9 Å². The number of piperidine rings is 1. The monoisotopic (exact) mass is 625 g/mol. The minimum Gasteiger partial charge on any atom is -0.390 e. The van der Waals surface area contributed by atoms with Crippen LogP contribution in [0, 0.1) is 40.5 Å². The Morgan fingerprint density at radius 2 is 1.72 bits per heavy atom. The van der Waals surface area contributed by atoms with Crippen LogP contribution in [-0.2, 0) is 12.0 Å². The normalized spacial score (nSPS) is 21.3. The summed E-state index contributed by atoms with van der Waals surface area (Å²) in [5, 5.41) is 4.65. The van der Waals surface area contributed by atoms with Crippen molar-refractivity contribution in [3.05, 3.63) is 118 Å². The molecule has 1 aliphatic heterocycles. The number of pyridine rings is 1. The van der Waals surface area contributed by atoms with Gasteiger partial charge in [-0.15, -0.1) is 0 Å². The van der Waals surface area contributed by atoms with E-state index >= 15 is 0 Å².